The van der Waals surface area contributed by atoms with E-state index in [2.05, 4.69) is 20.9 Å². The third kappa shape index (κ3) is 3.31. The van der Waals surface area contributed by atoms with Gasteiger partial charge in [0.25, 0.3) is 17.4 Å². The molecule has 0 unspecified atom stereocenters. The zero-order chi connectivity index (χ0) is 20.4. The highest BCUT2D eigenvalue weighted by Gasteiger charge is 2.17. The Morgan fingerprint density at radius 2 is 1.62 bits per heavy atom. The molecule has 0 aliphatic heterocycles. The van der Waals surface area contributed by atoms with Crippen LogP contribution in [0.2, 0.25) is 0 Å². The van der Waals surface area contributed by atoms with E-state index >= 15 is 0 Å². The molecule has 0 atom stereocenters. The predicted molar refractivity (Wildman–Crippen MR) is 108 cm³/mol. The van der Waals surface area contributed by atoms with Crippen LogP contribution in [-0.2, 0) is 6.54 Å². The van der Waals surface area contributed by atoms with E-state index in [1.54, 1.807) is 67.7 Å². The van der Waals surface area contributed by atoms with Crippen LogP contribution in [0.3, 0.4) is 0 Å². The van der Waals surface area contributed by atoms with Gasteiger partial charge in [-0.1, -0.05) is 30.3 Å². The third-order valence-corrected chi connectivity index (χ3v) is 4.56. The molecule has 2 aromatic heterocycles. The monoisotopic (exact) mass is 387 g/mol. The maximum absolute atomic E-state index is 12.7. The quantitative estimate of drug-likeness (QED) is 0.523. The van der Waals surface area contributed by atoms with Crippen LogP contribution in [-0.4, -0.2) is 26.6 Å². The Labute approximate surface area is 165 Å². The van der Waals surface area contributed by atoms with Crippen LogP contribution in [0.1, 0.15) is 27.8 Å². The standard InChI is InChI=1S/C21H17N5O3/c1-2-26-21(29)16-8-4-3-7-14(16)18(25-26)20(28)24-23-19(27)15-9-5-11-17-13(15)10-6-12-22-17/h3-12H,2H2,1H3,(H,23,27)(H,24,28). The molecule has 0 saturated heterocycles. The number of nitrogens with one attached hydrogen (secondary N) is 2. The van der Waals surface area contributed by atoms with Gasteiger partial charge >= 0.3 is 0 Å². The number of amides is 2. The second-order valence-corrected chi connectivity index (χ2v) is 6.30. The molecule has 2 heterocycles. The molecule has 2 aromatic carbocycles. The van der Waals surface area contributed by atoms with Gasteiger partial charge in [-0.3, -0.25) is 30.2 Å². The SMILES string of the molecule is CCn1nc(C(=O)NNC(=O)c2cccc3ncccc23)c2ccccc2c1=O. The lowest BCUT2D eigenvalue weighted by atomic mass is 10.1. The largest absolute Gasteiger partial charge is 0.290 e. The summed E-state index contributed by atoms with van der Waals surface area (Å²) in [7, 11) is 0. The maximum atomic E-state index is 12.7. The molecule has 2 N–H and O–H groups in total. The molecule has 8 nitrogen and oxygen atoms in total. The van der Waals surface area contributed by atoms with Gasteiger partial charge in [0, 0.05) is 23.5 Å². The van der Waals surface area contributed by atoms with Crippen LogP contribution >= 0.6 is 0 Å². The molecule has 0 bridgehead atoms. The molecule has 0 aliphatic rings. The molecular weight excluding hydrogens is 370 g/mol. The molecule has 0 spiro atoms. The number of nitrogens with zero attached hydrogens (tertiary/aromatic N) is 3. The van der Waals surface area contributed by atoms with Gasteiger partial charge in [-0.05, 0) is 31.2 Å². The van der Waals surface area contributed by atoms with E-state index in [4.69, 9.17) is 0 Å². The van der Waals surface area contributed by atoms with Crippen LogP contribution in [0, 0.1) is 0 Å². The molecule has 4 rings (SSSR count). The fraction of sp³-hybridized carbons (Fsp3) is 0.0952. The van der Waals surface area contributed by atoms with Gasteiger partial charge in [0.15, 0.2) is 5.69 Å². The molecule has 0 radical (unpaired) electrons. The molecular formula is C21H17N5O3. The van der Waals surface area contributed by atoms with Crippen molar-refractivity contribution in [2.75, 3.05) is 0 Å². The number of pyridine rings is 1. The summed E-state index contributed by atoms with van der Waals surface area (Å²) in [5.74, 6) is -1.10. The summed E-state index contributed by atoms with van der Waals surface area (Å²) >= 11 is 0. The Kier molecular flexibility index (Phi) is 4.74. The number of benzene rings is 2. The van der Waals surface area contributed by atoms with E-state index in [-0.39, 0.29) is 11.3 Å². The number of hydrazine groups is 1. The van der Waals surface area contributed by atoms with Crippen LogP contribution in [0.4, 0.5) is 0 Å². The van der Waals surface area contributed by atoms with Crippen LogP contribution in [0.25, 0.3) is 21.7 Å². The van der Waals surface area contributed by atoms with Gasteiger partial charge in [-0.25, -0.2) is 4.68 Å². The van der Waals surface area contributed by atoms with Crippen molar-refractivity contribution in [1.82, 2.24) is 25.6 Å². The average Bonchev–Trinajstić information content (AvgIpc) is 2.77. The lowest BCUT2D eigenvalue weighted by Crippen LogP contribution is -2.42. The Bertz CT molecular complexity index is 1310. The second kappa shape index (κ2) is 7.51. The van der Waals surface area contributed by atoms with Crippen LogP contribution in [0.5, 0.6) is 0 Å². The Hall–Kier alpha value is -4.07. The lowest BCUT2D eigenvalue weighted by molar-refractivity contribution is 0.0844. The van der Waals surface area contributed by atoms with E-state index in [9.17, 15) is 14.4 Å². The summed E-state index contributed by atoms with van der Waals surface area (Å²) in [6.45, 7) is 2.08. The number of aryl methyl sites for hydroxylation is 1. The highest BCUT2D eigenvalue weighted by molar-refractivity contribution is 6.09. The summed E-state index contributed by atoms with van der Waals surface area (Å²) in [5, 5.41) is 5.63. The highest BCUT2D eigenvalue weighted by atomic mass is 16.2. The molecule has 0 aliphatic carbocycles. The fourth-order valence-corrected chi connectivity index (χ4v) is 3.16. The topological polar surface area (TPSA) is 106 Å². The van der Waals surface area contributed by atoms with E-state index < -0.39 is 11.8 Å². The fourth-order valence-electron chi connectivity index (χ4n) is 3.16. The summed E-state index contributed by atoms with van der Waals surface area (Å²) in [5.41, 5.74) is 5.64. The van der Waals surface area contributed by atoms with Crippen molar-refractivity contribution in [3.05, 3.63) is 82.4 Å². The summed E-state index contributed by atoms with van der Waals surface area (Å²) in [6, 6.07) is 15.4. The zero-order valence-corrected chi connectivity index (χ0v) is 15.5. The molecule has 0 fully saturated rings. The number of fused-ring (bicyclic) bond motifs is 2. The van der Waals surface area contributed by atoms with Gasteiger partial charge in [0.1, 0.15) is 0 Å². The number of rotatable bonds is 3. The Morgan fingerprint density at radius 3 is 2.41 bits per heavy atom. The minimum Gasteiger partial charge on any atom is -0.267 e. The third-order valence-electron chi connectivity index (χ3n) is 4.56. The predicted octanol–water partition coefficient (Wildman–Crippen LogP) is 2.04. The van der Waals surface area contributed by atoms with Crippen molar-refractivity contribution >= 4 is 33.5 Å². The zero-order valence-electron chi connectivity index (χ0n) is 15.5. The summed E-state index contributed by atoms with van der Waals surface area (Å²) < 4.78 is 1.22. The Morgan fingerprint density at radius 1 is 0.897 bits per heavy atom. The van der Waals surface area contributed by atoms with Crippen LogP contribution in [0.15, 0.2) is 65.6 Å². The lowest BCUT2D eigenvalue weighted by Gasteiger charge is -2.11. The van der Waals surface area contributed by atoms with Crippen molar-refractivity contribution in [3.8, 4) is 0 Å². The number of aromatic nitrogens is 3. The number of carbonyl (C=O) groups excluding carboxylic acids is 2. The number of carbonyl (C=O) groups is 2. The van der Waals surface area contributed by atoms with Gasteiger partial charge < -0.3 is 0 Å². The molecule has 0 saturated carbocycles. The minimum atomic E-state index is -0.616. The first-order chi connectivity index (χ1) is 14.1. The molecule has 2 amide bonds. The first kappa shape index (κ1) is 18.3. The number of hydrogen-bond donors (Lipinski definition) is 2. The van der Waals surface area contributed by atoms with Crippen molar-refractivity contribution in [2.24, 2.45) is 0 Å². The summed E-state index contributed by atoms with van der Waals surface area (Å²) in [4.78, 5) is 41.9. The average molecular weight is 387 g/mol. The molecule has 8 heteroatoms. The van der Waals surface area contributed by atoms with E-state index in [1.165, 1.54) is 4.68 Å². The van der Waals surface area contributed by atoms with E-state index in [0.29, 0.717) is 33.8 Å². The van der Waals surface area contributed by atoms with Crippen molar-refractivity contribution < 1.29 is 9.59 Å². The highest BCUT2D eigenvalue weighted by Crippen LogP contribution is 2.16. The second-order valence-electron chi connectivity index (χ2n) is 6.30. The smallest absolute Gasteiger partial charge is 0.267 e. The van der Waals surface area contributed by atoms with E-state index in [1.807, 2.05) is 0 Å². The first-order valence-corrected chi connectivity index (χ1v) is 9.04. The Balaban J connectivity index is 1.63. The first-order valence-electron chi connectivity index (χ1n) is 9.04. The normalized spacial score (nSPS) is 10.8. The number of hydrogen-bond acceptors (Lipinski definition) is 5. The van der Waals surface area contributed by atoms with Gasteiger partial charge in [-0.2, -0.15) is 5.10 Å². The maximum Gasteiger partial charge on any atom is 0.290 e. The van der Waals surface area contributed by atoms with Gasteiger partial charge in [0.05, 0.1) is 16.5 Å². The van der Waals surface area contributed by atoms with Gasteiger partial charge in [-0.15, -0.1) is 0 Å². The van der Waals surface area contributed by atoms with Crippen molar-refractivity contribution in [3.63, 3.8) is 0 Å². The van der Waals surface area contributed by atoms with Crippen molar-refractivity contribution in [2.45, 2.75) is 13.5 Å². The van der Waals surface area contributed by atoms with E-state index in [0.717, 1.165) is 0 Å². The minimum absolute atomic E-state index is 0.0573. The summed E-state index contributed by atoms with van der Waals surface area (Å²) in [6.07, 6.45) is 1.64. The molecule has 144 valence electrons. The molecule has 4 aromatic rings. The van der Waals surface area contributed by atoms with Crippen molar-refractivity contribution in [1.29, 1.82) is 0 Å². The van der Waals surface area contributed by atoms with Gasteiger partial charge in [0.2, 0.25) is 0 Å². The van der Waals surface area contributed by atoms with Crippen LogP contribution < -0.4 is 16.4 Å². The molecule has 29 heavy (non-hydrogen) atoms.